The van der Waals surface area contributed by atoms with Crippen molar-refractivity contribution in [1.29, 1.82) is 0 Å². The maximum atomic E-state index is 11.7. The van der Waals surface area contributed by atoms with Crippen LogP contribution in [0.5, 0.6) is 0 Å². The van der Waals surface area contributed by atoms with E-state index in [1.54, 1.807) is 14.1 Å². The molecular weight excluding hydrogens is 356 g/mol. The lowest BCUT2D eigenvalue weighted by atomic mass is 10.2. The minimum atomic E-state index is -3.14. The van der Waals surface area contributed by atoms with Crippen LogP contribution in [0.1, 0.15) is 6.42 Å². The molecule has 126 valence electrons. The monoisotopic (exact) mass is 374 g/mol. The van der Waals surface area contributed by atoms with Gasteiger partial charge in [-0.25, -0.2) is 12.7 Å². The largest absolute Gasteiger partial charge is 0.305 e. The number of nitrogens with zero attached hydrogens (tertiary/aromatic N) is 4. The molecule has 0 radical (unpaired) electrons. The standard InChI is InChI=1S/C14H19ClN4O2S2/c1-18(2)23(20,21)10-4-9-22-14-17-16-13(19(14)3)11-5-7-12(15)8-6-11/h5-8H,4,9-10H2,1-3H3. The van der Waals surface area contributed by atoms with Crippen molar-refractivity contribution < 1.29 is 8.42 Å². The lowest BCUT2D eigenvalue weighted by Crippen LogP contribution is -2.25. The second-order valence-corrected chi connectivity index (χ2v) is 8.97. The van der Waals surface area contributed by atoms with Gasteiger partial charge in [0.05, 0.1) is 5.75 Å². The van der Waals surface area contributed by atoms with Crippen LogP contribution in [-0.4, -0.2) is 53.1 Å². The Morgan fingerprint density at radius 1 is 1.22 bits per heavy atom. The summed E-state index contributed by atoms with van der Waals surface area (Å²) in [7, 11) is 1.84. The Morgan fingerprint density at radius 2 is 1.87 bits per heavy atom. The van der Waals surface area contributed by atoms with E-state index in [-0.39, 0.29) is 5.75 Å². The molecule has 0 aliphatic heterocycles. The van der Waals surface area contributed by atoms with Crippen molar-refractivity contribution in [3.8, 4) is 11.4 Å². The number of hydrogen-bond donors (Lipinski definition) is 0. The van der Waals surface area contributed by atoms with Crippen LogP contribution < -0.4 is 0 Å². The zero-order chi connectivity index (χ0) is 17.0. The molecule has 6 nitrogen and oxygen atoms in total. The second-order valence-electron chi connectivity index (χ2n) is 5.17. The number of aromatic nitrogens is 3. The number of halogens is 1. The number of rotatable bonds is 7. The molecule has 0 saturated heterocycles. The summed E-state index contributed by atoms with van der Waals surface area (Å²) < 4.78 is 26.5. The van der Waals surface area contributed by atoms with Gasteiger partial charge in [0, 0.05) is 37.5 Å². The van der Waals surface area contributed by atoms with Crippen LogP contribution in [0.15, 0.2) is 29.4 Å². The highest BCUT2D eigenvalue weighted by atomic mass is 35.5. The Balaban J connectivity index is 1.96. The van der Waals surface area contributed by atoms with Gasteiger partial charge < -0.3 is 4.57 Å². The Hall–Kier alpha value is -1.09. The van der Waals surface area contributed by atoms with Gasteiger partial charge in [-0.1, -0.05) is 23.4 Å². The molecule has 2 rings (SSSR count). The summed E-state index contributed by atoms with van der Waals surface area (Å²) in [5, 5.41) is 9.80. The van der Waals surface area contributed by atoms with Gasteiger partial charge in [-0.3, -0.25) is 0 Å². The van der Waals surface area contributed by atoms with E-state index < -0.39 is 10.0 Å². The predicted molar refractivity (Wildman–Crippen MR) is 94.3 cm³/mol. The summed E-state index contributed by atoms with van der Waals surface area (Å²) >= 11 is 7.39. The minimum Gasteiger partial charge on any atom is -0.305 e. The molecule has 2 aromatic rings. The van der Waals surface area contributed by atoms with E-state index in [2.05, 4.69) is 10.2 Å². The zero-order valence-corrected chi connectivity index (χ0v) is 15.6. The van der Waals surface area contributed by atoms with Crippen molar-refractivity contribution in [2.75, 3.05) is 25.6 Å². The summed E-state index contributed by atoms with van der Waals surface area (Å²) in [5.74, 6) is 1.55. The molecule has 0 unspecified atom stereocenters. The van der Waals surface area contributed by atoms with Crippen molar-refractivity contribution in [3.05, 3.63) is 29.3 Å². The van der Waals surface area contributed by atoms with Crippen molar-refractivity contribution in [2.45, 2.75) is 11.6 Å². The molecule has 1 aromatic heterocycles. The first-order valence-corrected chi connectivity index (χ1v) is 9.97. The molecule has 1 heterocycles. The SMILES string of the molecule is CN(C)S(=O)(=O)CCCSc1nnc(-c2ccc(Cl)cc2)n1C. The fourth-order valence-electron chi connectivity index (χ4n) is 1.88. The van der Waals surface area contributed by atoms with E-state index in [4.69, 9.17) is 11.6 Å². The summed E-state index contributed by atoms with van der Waals surface area (Å²) in [4.78, 5) is 0. The van der Waals surface area contributed by atoms with Crippen molar-refractivity contribution in [1.82, 2.24) is 19.1 Å². The third kappa shape index (κ3) is 4.69. The van der Waals surface area contributed by atoms with Gasteiger partial charge in [0.1, 0.15) is 0 Å². The van der Waals surface area contributed by atoms with Gasteiger partial charge in [0.2, 0.25) is 10.0 Å². The number of thioether (sulfide) groups is 1. The first-order valence-electron chi connectivity index (χ1n) is 6.99. The van der Waals surface area contributed by atoms with Crippen molar-refractivity contribution >= 4 is 33.4 Å². The summed E-state index contributed by atoms with van der Waals surface area (Å²) in [6.45, 7) is 0. The number of hydrogen-bond acceptors (Lipinski definition) is 5. The fourth-order valence-corrected chi connectivity index (χ4v) is 3.91. The van der Waals surface area contributed by atoms with Gasteiger partial charge >= 0.3 is 0 Å². The normalized spacial score (nSPS) is 12.0. The maximum absolute atomic E-state index is 11.7. The molecule has 0 aliphatic rings. The van der Waals surface area contributed by atoms with Gasteiger partial charge in [-0.15, -0.1) is 10.2 Å². The lowest BCUT2D eigenvalue weighted by Gasteiger charge is -2.10. The topological polar surface area (TPSA) is 68.1 Å². The maximum Gasteiger partial charge on any atom is 0.213 e. The van der Waals surface area contributed by atoms with E-state index >= 15 is 0 Å². The molecule has 1 aromatic carbocycles. The first kappa shape index (κ1) is 18.3. The molecule has 0 aliphatic carbocycles. The Labute approximate surface area is 145 Å². The number of benzene rings is 1. The van der Waals surface area contributed by atoms with E-state index in [1.807, 2.05) is 35.9 Å². The first-order chi connectivity index (χ1) is 10.8. The highest BCUT2D eigenvalue weighted by Crippen LogP contribution is 2.24. The van der Waals surface area contributed by atoms with Crippen LogP contribution in [0.2, 0.25) is 5.02 Å². The van der Waals surface area contributed by atoms with E-state index in [1.165, 1.54) is 16.1 Å². The minimum absolute atomic E-state index is 0.134. The lowest BCUT2D eigenvalue weighted by molar-refractivity contribution is 0.520. The average Bonchev–Trinajstić information content (AvgIpc) is 2.85. The van der Waals surface area contributed by atoms with Gasteiger partial charge in [-0.2, -0.15) is 0 Å². The third-order valence-corrected chi connectivity index (χ3v) is 6.55. The van der Waals surface area contributed by atoms with Gasteiger partial charge in [-0.05, 0) is 30.7 Å². The highest BCUT2D eigenvalue weighted by Gasteiger charge is 2.14. The number of sulfonamides is 1. The molecule has 0 amide bonds. The van der Waals surface area contributed by atoms with Crippen LogP contribution in [0.4, 0.5) is 0 Å². The van der Waals surface area contributed by atoms with E-state index in [0.29, 0.717) is 17.2 Å². The third-order valence-electron chi connectivity index (χ3n) is 3.27. The Bertz CT molecular complexity index is 758. The zero-order valence-electron chi connectivity index (χ0n) is 13.2. The molecule has 0 fully saturated rings. The van der Waals surface area contributed by atoms with E-state index in [0.717, 1.165) is 16.5 Å². The highest BCUT2D eigenvalue weighted by molar-refractivity contribution is 7.99. The average molecular weight is 375 g/mol. The van der Waals surface area contributed by atoms with E-state index in [9.17, 15) is 8.42 Å². The van der Waals surface area contributed by atoms with Crippen molar-refractivity contribution in [2.24, 2.45) is 7.05 Å². The Kier molecular flexibility index (Phi) is 6.07. The molecule has 0 saturated carbocycles. The molecule has 0 bridgehead atoms. The molecule has 0 spiro atoms. The Morgan fingerprint density at radius 3 is 2.48 bits per heavy atom. The van der Waals surface area contributed by atoms with Crippen LogP contribution >= 0.6 is 23.4 Å². The molecule has 23 heavy (non-hydrogen) atoms. The second kappa shape index (κ2) is 7.65. The van der Waals surface area contributed by atoms with Crippen molar-refractivity contribution in [3.63, 3.8) is 0 Å². The summed E-state index contributed by atoms with van der Waals surface area (Å²) in [6, 6.07) is 7.41. The molecule has 9 heteroatoms. The summed E-state index contributed by atoms with van der Waals surface area (Å²) in [5.41, 5.74) is 0.937. The van der Waals surface area contributed by atoms with Crippen LogP contribution in [0.3, 0.4) is 0 Å². The quantitative estimate of drug-likeness (QED) is 0.550. The van der Waals surface area contributed by atoms with Crippen LogP contribution in [0, 0.1) is 0 Å². The van der Waals surface area contributed by atoms with Crippen LogP contribution in [0.25, 0.3) is 11.4 Å². The molecule has 0 atom stereocenters. The fraction of sp³-hybridized carbons (Fsp3) is 0.429. The van der Waals surface area contributed by atoms with Gasteiger partial charge in [0.15, 0.2) is 11.0 Å². The van der Waals surface area contributed by atoms with Crippen LogP contribution in [-0.2, 0) is 17.1 Å². The molecule has 0 N–H and O–H groups in total. The summed E-state index contributed by atoms with van der Waals surface area (Å²) in [6.07, 6.45) is 0.564. The predicted octanol–water partition coefficient (Wildman–Crippen LogP) is 2.51. The van der Waals surface area contributed by atoms with Gasteiger partial charge in [0.25, 0.3) is 0 Å². The molecular formula is C14H19ClN4O2S2. The smallest absolute Gasteiger partial charge is 0.213 e.